The Balaban J connectivity index is 1.67. The third-order valence-corrected chi connectivity index (χ3v) is 3.72. The maximum absolute atomic E-state index is 12.3. The zero-order valence-electron chi connectivity index (χ0n) is 13.7. The molecule has 0 aliphatic carbocycles. The summed E-state index contributed by atoms with van der Waals surface area (Å²) in [6, 6.07) is 16.3. The van der Waals surface area contributed by atoms with E-state index >= 15 is 0 Å². The Kier molecular flexibility index (Phi) is 4.89. The molecule has 0 radical (unpaired) electrons. The van der Waals surface area contributed by atoms with Crippen LogP contribution in [-0.4, -0.2) is 24.0 Å². The van der Waals surface area contributed by atoms with Crippen molar-refractivity contribution in [3.8, 4) is 0 Å². The van der Waals surface area contributed by atoms with Crippen LogP contribution in [-0.2, 0) is 11.2 Å². The van der Waals surface area contributed by atoms with Gasteiger partial charge in [-0.15, -0.1) is 0 Å². The molecule has 25 heavy (non-hydrogen) atoms. The van der Waals surface area contributed by atoms with Crippen LogP contribution >= 0.6 is 0 Å². The molecule has 3 aromatic rings. The number of amides is 3. The van der Waals surface area contributed by atoms with Gasteiger partial charge in [-0.2, -0.15) is 0 Å². The van der Waals surface area contributed by atoms with Crippen LogP contribution in [0.15, 0.2) is 60.8 Å². The predicted octanol–water partition coefficient (Wildman–Crippen LogP) is 3.17. The first-order valence-electron chi connectivity index (χ1n) is 7.87. The number of para-hydroxylation sites is 1. The Morgan fingerprint density at radius 1 is 0.920 bits per heavy atom. The zero-order valence-corrected chi connectivity index (χ0v) is 13.7. The molecular weight excluding hydrogens is 316 g/mol. The Labute approximate surface area is 145 Å². The number of aromatic nitrogens is 1. The Hall–Kier alpha value is -3.41. The van der Waals surface area contributed by atoms with E-state index in [0.29, 0.717) is 11.4 Å². The highest BCUT2D eigenvalue weighted by molar-refractivity contribution is 5.95. The number of carbonyl (C=O) groups is 2. The molecule has 0 aliphatic heterocycles. The fourth-order valence-electron chi connectivity index (χ4n) is 2.52. The van der Waals surface area contributed by atoms with Crippen molar-refractivity contribution in [1.82, 2.24) is 10.3 Å². The van der Waals surface area contributed by atoms with E-state index in [9.17, 15) is 9.59 Å². The highest BCUT2D eigenvalue weighted by Gasteiger charge is 2.08. The van der Waals surface area contributed by atoms with Crippen molar-refractivity contribution < 1.29 is 9.59 Å². The number of anilines is 2. The molecule has 0 atom stereocenters. The standard InChI is InChI=1S/C19H18N4O2/c1-20-19(25)23-16-9-7-15(8-10-16)22-17(24)12-14-5-2-4-13-6-3-11-21-18(13)14/h2-11H,12H2,1H3,(H,22,24)(H2,20,23,25). The minimum Gasteiger partial charge on any atom is -0.341 e. The molecule has 0 unspecified atom stereocenters. The minimum atomic E-state index is -0.291. The van der Waals surface area contributed by atoms with Crippen LogP contribution in [0.4, 0.5) is 16.2 Å². The zero-order chi connectivity index (χ0) is 17.6. The molecule has 3 N–H and O–H groups in total. The number of rotatable bonds is 4. The van der Waals surface area contributed by atoms with Gasteiger partial charge in [0.25, 0.3) is 0 Å². The maximum Gasteiger partial charge on any atom is 0.318 e. The number of benzene rings is 2. The maximum atomic E-state index is 12.3. The van der Waals surface area contributed by atoms with Crippen LogP contribution in [0.1, 0.15) is 5.56 Å². The summed E-state index contributed by atoms with van der Waals surface area (Å²) in [6.07, 6.45) is 1.97. The van der Waals surface area contributed by atoms with E-state index in [1.807, 2.05) is 30.3 Å². The average molecular weight is 334 g/mol. The van der Waals surface area contributed by atoms with Crippen LogP contribution in [0.3, 0.4) is 0 Å². The third kappa shape index (κ3) is 4.11. The van der Waals surface area contributed by atoms with E-state index in [4.69, 9.17) is 0 Å². The van der Waals surface area contributed by atoms with Crippen molar-refractivity contribution in [2.24, 2.45) is 0 Å². The van der Waals surface area contributed by atoms with E-state index < -0.39 is 0 Å². The molecule has 0 spiro atoms. The van der Waals surface area contributed by atoms with Gasteiger partial charge in [-0.25, -0.2) is 4.79 Å². The van der Waals surface area contributed by atoms with Crippen LogP contribution in [0.2, 0.25) is 0 Å². The second-order valence-electron chi connectivity index (χ2n) is 5.50. The first-order chi connectivity index (χ1) is 12.2. The lowest BCUT2D eigenvalue weighted by molar-refractivity contribution is -0.115. The number of carbonyl (C=O) groups excluding carboxylic acids is 2. The molecule has 126 valence electrons. The van der Waals surface area contributed by atoms with Gasteiger partial charge in [0, 0.05) is 30.0 Å². The van der Waals surface area contributed by atoms with Gasteiger partial charge in [0.2, 0.25) is 5.91 Å². The predicted molar refractivity (Wildman–Crippen MR) is 98.6 cm³/mol. The molecule has 3 amide bonds. The van der Waals surface area contributed by atoms with Gasteiger partial charge in [-0.3, -0.25) is 9.78 Å². The van der Waals surface area contributed by atoms with Gasteiger partial charge in [-0.05, 0) is 35.9 Å². The summed E-state index contributed by atoms with van der Waals surface area (Å²) in [5.74, 6) is -0.120. The highest BCUT2D eigenvalue weighted by atomic mass is 16.2. The van der Waals surface area contributed by atoms with Crippen LogP contribution in [0, 0.1) is 0 Å². The van der Waals surface area contributed by atoms with Crippen LogP contribution in [0.25, 0.3) is 10.9 Å². The lowest BCUT2D eigenvalue weighted by atomic mass is 10.1. The summed E-state index contributed by atoms with van der Waals surface area (Å²) < 4.78 is 0. The molecule has 0 bridgehead atoms. The first-order valence-corrected chi connectivity index (χ1v) is 7.87. The molecule has 0 fully saturated rings. The van der Waals surface area contributed by atoms with E-state index in [1.54, 1.807) is 37.5 Å². The topological polar surface area (TPSA) is 83.1 Å². The number of hydrogen-bond donors (Lipinski definition) is 3. The summed E-state index contributed by atoms with van der Waals surface area (Å²) in [5.41, 5.74) is 3.04. The Morgan fingerprint density at radius 3 is 2.32 bits per heavy atom. The molecule has 2 aromatic carbocycles. The summed E-state index contributed by atoms with van der Waals surface area (Å²) in [5, 5.41) is 9.00. The Bertz CT molecular complexity index is 901. The van der Waals surface area contributed by atoms with Crippen molar-refractivity contribution in [3.05, 3.63) is 66.4 Å². The van der Waals surface area contributed by atoms with E-state index in [0.717, 1.165) is 16.5 Å². The third-order valence-electron chi connectivity index (χ3n) is 3.72. The van der Waals surface area contributed by atoms with Gasteiger partial charge in [0.15, 0.2) is 0 Å². The van der Waals surface area contributed by atoms with Crippen molar-refractivity contribution in [2.45, 2.75) is 6.42 Å². The normalized spacial score (nSPS) is 10.3. The van der Waals surface area contributed by atoms with Gasteiger partial charge in [-0.1, -0.05) is 24.3 Å². The smallest absolute Gasteiger partial charge is 0.318 e. The number of urea groups is 1. The fourth-order valence-corrected chi connectivity index (χ4v) is 2.52. The number of nitrogens with one attached hydrogen (secondary N) is 3. The van der Waals surface area contributed by atoms with Crippen molar-refractivity contribution in [1.29, 1.82) is 0 Å². The van der Waals surface area contributed by atoms with E-state index in [-0.39, 0.29) is 18.4 Å². The number of hydrogen-bond acceptors (Lipinski definition) is 3. The summed E-state index contributed by atoms with van der Waals surface area (Å²) in [4.78, 5) is 27.9. The van der Waals surface area contributed by atoms with E-state index in [2.05, 4.69) is 20.9 Å². The number of pyridine rings is 1. The van der Waals surface area contributed by atoms with Gasteiger partial charge in [0.1, 0.15) is 0 Å². The summed E-state index contributed by atoms with van der Waals surface area (Å²) in [7, 11) is 1.55. The molecule has 1 heterocycles. The molecule has 6 heteroatoms. The lowest BCUT2D eigenvalue weighted by Gasteiger charge is -2.09. The average Bonchev–Trinajstić information content (AvgIpc) is 2.63. The quantitative estimate of drug-likeness (QED) is 0.685. The Morgan fingerprint density at radius 2 is 1.60 bits per heavy atom. The lowest BCUT2D eigenvalue weighted by Crippen LogP contribution is -2.24. The molecule has 6 nitrogen and oxygen atoms in total. The monoisotopic (exact) mass is 334 g/mol. The first kappa shape index (κ1) is 16.4. The summed E-state index contributed by atoms with van der Waals surface area (Å²) in [6.45, 7) is 0. The number of fused-ring (bicyclic) bond motifs is 1. The second kappa shape index (κ2) is 7.44. The molecule has 0 saturated heterocycles. The number of nitrogens with zero attached hydrogens (tertiary/aromatic N) is 1. The van der Waals surface area contributed by atoms with Crippen molar-refractivity contribution >= 4 is 34.2 Å². The highest BCUT2D eigenvalue weighted by Crippen LogP contribution is 2.18. The minimum absolute atomic E-state index is 0.120. The second-order valence-corrected chi connectivity index (χ2v) is 5.50. The SMILES string of the molecule is CNC(=O)Nc1ccc(NC(=O)Cc2cccc3cccnc23)cc1. The largest absolute Gasteiger partial charge is 0.341 e. The molecule has 1 aromatic heterocycles. The fraction of sp³-hybridized carbons (Fsp3) is 0.105. The van der Waals surface area contributed by atoms with Gasteiger partial charge in [0.05, 0.1) is 11.9 Å². The molecule has 3 rings (SSSR count). The van der Waals surface area contributed by atoms with Crippen LogP contribution in [0.5, 0.6) is 0 Å². The van der Waals surface area contributed by atoms with Crippen molar-refractivity contribution in [2.75, 3.05) is 17.7 Å². The van der Waals surface area contributed by atoms with Gasteiger partial charge < -0.3 is 16.0 Å². The molecule has 0 aliphatic rings. The summed E-state index contributed by atoms with van der Waals surface area (Å²) >= 11 is 0. The van der Waals surface area contributed by atoms with E-state index in [1.165, 1.54) is 0 Å². The van der Waals surface area contributed by atoms with Crippen LogP contribution < -0.4 is 16.0 Å². The van der Waals surface area contributed by atoms with Crippen molar-refractivity contribution in [3.63, 3.8) is 0 Å². The van der Waals surface area contributed by atoms with Gasteiger partial charge >= 0.3 is 6.03 Å². The molecule has 0 saturated carbocycles. The molecular formula is C19H18N4O2.